The third kappa shape index (κ3) is 9.76. The van der Waals surface area contributed by atoms with Crippen LogP contribution in [0.1, 0.15) is 45.0 Å². The van der Waals surface area contributed by atoms with E-state index >= 15 is 0 Å². The summed E-state index contributed by atoms with van der Waals surface area (Å²) in [6, 6.07) is 45.4. The van der Waals surface area contributed by atoms with E-state index in [4.69, 9.17) is 9.97 Å². The molecule has 0 saturated carbocycles. The number of benzene rings is 4. The van der Waals surface area contributed by atoms with Crippen LogP contribution >= 0.6 is 0 Å². The Morgan fingerprint density at radius 3 is 0.688 bits per heavy atom. The van der Waals surface area contributed by atoms with E-state index in [0.717, 1.165) is 112 Å². The molecule has 4 aromatic carbocycles. The van der Waals surface area contributed by atoms with E-state index in [1.165, 1.54) is 22.3 Å². The number of fused-ring (bicyclic) bond motifs is 8. The van der Waals surface area contributed by atoms with Crippen molar-refractivity contribution in [3.63, 3.8) is 0 Å². The molecular formula is C56H58N4S4+4. The molecule has 64 heavy (non-hydrogen) atoms. The standard InChI is InChI=1S/C56H58N4S4/c1-61(2)33-37-9-17-41(18-10-37)53-45-25-27-47(57-45)54(42-19-11-38(12-20-42)34-62(3)4)49-29-31-51(59-49)56(44-23-15-40(16-24-44)36-64(7)8)52-32-30-50(60-52)55(48-28-26-46(53)58-48)43-21-13-39(14-22-43)35-63(5)6/h9-32,57,60H,33-36H2,1-8H3/q+4. The molecule has 8 heteroatoms. The van der Waals surface area contributed by atoms with Crippen molar-refractivity contribution in [2.45, 2.75) is 23.0 Å². The molecule has 0 fully saturated rings. The number of H-pyrrole nitrogens is 2. The van der Waals surface area contributed by atoms with Crippen molar-refractivity contribution in [3.05, 3.63) is 166 Å². The second-order valence-electron chi connectivity index (χ2n) is 17.8. The van der Waals surface area contributed by atoms with E-state index in [1.54, 1.807) is 0 Å². The van der Waals surface area contributed by atoms with Crippen molar-refractivity contribution in [3.8, 4) is 44.5 Å². The van der Waals surface area contributed by atoms with Gasteiger partial charge in [0, 0.05) is 66.6 Å². The van der Waals surface area contributed by atoms with Crippen molar-refractivity contribution >= 4 is 90.0 Å². The lowest BCUT2D eigenvalue weighted by molar-refractivity contribution is 1.30. The molecule has 0 atom stereocenters. The maximum atomic E-state index is 5.56. The van der Waals surface area contributed by atoms with Crippen LogP contribution in [0, 0.1) is 0 Å². The summed E-state index contributed by atoms with van der Waals surface area (Å²) in [5.41, 5.74) is 22.0. The van der Waals surface area contributed by atoms with E-state index in [0.29, 0.717) is 43.6 Å². The minimum Gasteiger partial charge on any atom is -0.354 e. The van der Waals surface area contributed by atoms with Crippen LogP contribution in [0.25, 0.3) is 90.9 Å². The Balaban J connectivity index is 1.37. The zero-order valence-corrected chi connectivity index (χ0v) is 41.5. The molecule has 0 unspecified atom stereocenters. The van der Waals surface area contributed by atoms with Crippen LogP contribution < -0.4 is 0 Å². The highest BCUT2D eigenvalue weighted by atomic mass is 32.2. The van der Waals surface area contributed by atoms with E-state index in [9.17, 15) is 0 Å². The molecule has 5 heterocycles. The van der Waals surface area contributed by atoms with Crippen molar-refractivity contribution < 1.29 is 0 Å². The third-order valence-corrected chi connectivity index (χ3v) is 15.2. The van der Waals surface area contributed by atoms with Crippen LogP contribution in [-0.4, -0.2) is 70.0 Å². The Hall–Kier alpha value is -5.12. The van der Waals surface area contributed by atoms with Crippen LogP contribution in [-0.2, 0) is 66.6 Å². The predicted octanol–water partition coefficient (Wildman–Crippen LogP) is 12.8. The lowest BCUT2D eigenvalue weighted by Gasteiger charge is -2.08. The highest BCUT2D eigenvalue weighted by Crippen LogP contribution is 2.39. The number of hydrogen-bond donors (Lipinski definition) is 2. The van der Waals surface area contributed by atoms with E-state index in [1.807, 2.05) is 0 Å². The highest BCUT2D eigenvalue weighted by Gasteiger charge is 2.20. The topological polar surface area (TPSA) is 57.4 Å². The lowest BCUT2D eigenvalue weighted by atomic mass is 10.0. The van der Waals surface area contributed by atoms with Gasteiger partial charge < -0.3 is 9.97 Å². The van der Waals surface area contributed by atoms with Crippen LogP contribution in [0.3, 0.4) is 0 Å². The maximum absolute atomic E-state index is 5.56. The van der Waals surface area contributed by atoms with E-state index in [-0.39, 0.29) is 0 Å². The predicted molar refractivity (Wildman–Crippen MR) is 292 cm³/mol. The lowest BCUT2D eigenvalue weighted by Crippen LogP contribution is -1.99. The van der Waals surface area contributed by atoms with Crippen molar-refractivity contribution in [2.24, 2.45) is 0 Å². The number of nitrogens with zero attached hydrogens (tertiary/aromatic N) is 2. The summed E-state index contributed by atoms with van der Waals surface area (Å²) < 4.78 is 0. The fraction of sp³-hybridized carbons (Fsp3) is 0.214. The second kappa shape index (κ2) is 19.2. The average Bonchev–Trinajstić information content (AvgIpc) is 4.11. The van der Waals surface area contributed by atoms with E-state index < -0.39 is 0 Å². The summed E-state index contributed by atoms with van der Waals surface area (Å²) >= 11 is 0. The Labute approximate surface area is 391 Å². The molecule has 2 aliphatic heterocycles. The molecule has 9 rings (SSSR count). The molecule has 4 nitrogen and oxygen atoms in total. The zero-order chi connectivity index (χ0) is 44.5. The largest absolute Gasteiger partial charge is 0.354 e. The minimum absolute atomic E-state index is 0.310. The van der Waals surface area contributed by atoms with Crippen molar-refractivity contribution in [1.29, 1.82) is 0 Å². The number of aromatic nitrogens is 4. The summed E-state index contributed by atoms with van der Waals surface area (Å²) in [6.45, 7) is 0. The molecule has 0 amide bonds. The molecule has 322 valence electrons. The van der Waals surface area contributed by atoms with Gasteiger partial charge in [-0.15, -0.1) is 0 Å². The number of nitrogens with one attached hydrogen (secondary N) is 2. The molecule has 2 N–H and O–H groups in total. The fourth-order valence-corrected chi connectivity index (χ4v) is 12.3. The van der Waals surface area contributed by atoms with E-state index in [2.05, 4.69) is 206 Å². The van der Waals surface area contributed by atoms with Crippen LogP contribution in [0.4, 0.5) is 0 Å². The summed E-state index contributed by atoms with van der Waals surface area (Å²) in [5, 5.41) is 0. The summed E-state index contributed by atoms with van der Waals surface area (Å²) in [6.07, 6.45) is 27.2. The van der Waals surface area contributed by atoms with Gasteiger partial charge in [-0.3, -0.25) is 0 Å². The Kier molecular flexibility index (Phi) is 13.2. The molecule has 0 aliphatic carbocycles. The molecular weight excluding hydrogens is 857 g/mol. The quantitative estimate of drug-likeness (QED) is 0.120. The van der Waals surface area contributed by atoms with Gasteiger partial charge in [-0.05, 0) is 114 Å². The van der Waals surface area contributed by atoms with Gasteiger partial charge in [-0.2, -0.15) is 0 Å². The van der Waals surface area contributed by atoms with Gasteiger partial charge in [0.1, 0.15) is 23.0 Å². The Morgan fingerprint density at radius 2 is 0.500 bits per heavy atom. The Morgan fingerprint density at radius 1 is 0.297 bits per heavy atom. The first-order valence-corrected chi connectivity index (χ1v) is 30.5. The summed E-state index contributed by atoms with van der Waals surface area (Å²) in [7, 11) is 1.24. The SMILES string of the molecule is C[S+](C)Cc1ccc(-c2c3nc(c(-c4ccc(C[S+](C)C)cc4)c4ccc([nH]4)c(-c4ccc(C[S+](C)C)cc4)c4nc(c(-c5ccc(C[S+](C)C)cc5)c5ccc2[nH]5)C=C4)C=C3)cc1. The fourth-order valence-electron chi connectivity index (χ4n) is 8.82. The normalized spacial score (nSPS) is 12.4. The smallest absolute Gasteiger partial charge is 0.132 e. The summed E-state index contributed by atoms with van der Waals surface area (Å²) in [4.78, 5) is 19.0. The number of rotatable bonds is 12. The molecule has 0 radical (unpaired) electrons. The first kappa shape index (κ1) is 44.1. The zero-order valence-electron chi connectivity index (χ0n) is 38.2. The molecule has 3 aromatic heterocycles. The molecule has 7 aromatic rings. The van der Waals surface area contributed by atoms with Crippen LogP contribution in [0.5, 0.6) is 0 Å². The van der Waals surface area contributed by atoms with Gasteiger partial charge in [-0.1, -0.05) is 97.1 Å². The first-order chi connectivity index (χ1) is 30.9. The maximum Gasteiger partial charge on any atom is 0.132 e. The minimum atomic E-state index is 0.310. The summed E-state index contributed by atoms with van der Waals surface area (Å²) in [5.74, 6) is 4.28. The first-order valence-electron chi connectivity index (χ1n) is 21.7. The second-order valence-corrected chi connectivity index (χ2v) is 26.8. The highest BCUT2D eigenvalue weighted by molar-refractivity contribution is 7.95. The average molecular weight is 915 g/mol. The number of hydrogen-bond acceptors (Lipinski definition) is 2. The van der Waals surface area contributed by atoms with Crippen LogP contribution in [0.2, 0.25) is 0 Å². The molecule has 0 spiro atoms. The van der Waals surface area contributed by atoms with Gasteiger partial charge in [0.2, 0.25) is 0 Å². The molecule has 8 bridgehead atoms. The van der Waals surface area contributed by atoms with Crippen molar-refractivity contribution in [1.82, 2.24) is 19.9 Å². The molecule has 2 aliphatic rings. The van der Waals surface area contributed by atoms with Gasteiger partial charge in [-0.25, -0.2) is 9.97 Å². The van der Waals surface area contributed by atoms with Gasteiger partial charge in [0.25, 0.3) is 0 Å². The van der Waals surface area contributed by atoms with Gasteiger partial charge in [0.15, 0.2) is 0 Å². The number of aromatic amines is 2. The van der Waals surface area contributed by atoms with Crippen LogP contribution in [0.15, 0.2) is 121 Å². The third-order valence-electron chi connectivity index (χ3n) is 11.5. The Bertz CT molecular complexity index is 2620. The van der Waals surface area contributed by atoms with Gasteiger partial charge >= 0.3 is 0 Å². The molecule has 0 saturated heterocycles. The van der Waals surface area contributed by atoms with Gasteiger partial charge in [0.05, 0.1) is 72.8 Å². The monoisotopic (exact) mass is 914 g/mol. The van der Waals surface area contributed by atoms with Crippen molar-refractivity contribution in [2.75, 3.05) is 50.0 Å².